The van der Waals surface area contributed by atoms with E-state index in [1.807, 2.05) is 23.1 Å². The van der Waals surface area contributed by atoms with Crippen LogP contribution in [-0.2, 0) is 15.0 Å². The molecule has 25 heavy (non-hydrogen) atoms. The minimum atomic E-state index is -0.379. The molecular weight excluding hydrogens is 312 g/mol. The number of benzene rings is 1. The van der Waals surface area contributed by atoms with Gasteiger partial charge in [0.05, 0.1) is 10.8 Å². The molecule has 134 valence electrons. The lowest BCUT2D eigenvalue weighted by atomic mass is 9.68. The standard InChI is InChI=1S/C21H28N2O2/c24-18-20(10-7-14-22-18)13-15-23(16-20)19(25)21(11-5-2-6-12-21)17-8-3-1-4-9-17/h1,3-4,8-9H,2,5-7,10-16H2,(H,22,24). The minimum Gasteiger partial charge on any atom is -0.356 e. The third kappa shape index (κ3) is 2.76. The van der Waals surface area contributed by atoms with E-state index in [1.54, 1.807) is 0 Å². The third-order valence-corrected chi connectivity index (χ3v) is 6.68. The van der Waals surface area contributed by atoms with Gasteiger partial charge in [0.2, 0.25) is 11.8 Å². The van der Waals surface area contributed by atoms with Crippen molar-refractivity contribution in [1.29, 1.82) is 0 Å². The zero-order valence-electron chi connectivity index (χ0n) is 14.9. The Balaban J connectivity index is 1.61. The van der Waals surface area contributed by atoms with Crippen LogP contribution in [0.15, 0.2) is 30.3 Å². The maximum atomic E-state index is 13.6. The number of nitrogens with one attached hydrogen (secondary N) is 1. The fourth-order valence-corrected chi connectivity index (χ4v) is 5.21. The first-order chi connectivity index (χ1) is 12.2. The molecular formula is C21H28N2O2. The van der Waals surface area contributed by atoms with E-state index in [-0.39, 0.29) is 22.6 Å². The van der Waals surface area contributed by atoms with Crippen molar-refractivity contribution in [3.05, 3.63) is 35.9 Å². The van der Waals surface area contributed by atoms with Gasteiger partial charge in [0.1, 0.15) is 0 Å². The molecule has 0 aromatic heterocycles. The van der Waals surface area contributed by atoms with E-state index in [0.717, 1.165) is 63.6 Å². The molecule has 1 aliphatic carbocycles. The summed E-state index contributed by atoms with van der Waals surface area (Å²) in [5.41, 5.74) is 0.449. The van der Waals surface area contributed by atoms with Gasteiger partial charge in [-0.25, -0.2) is 0 Å². The second kappa shape index (κ2) is 6.47. The Morgan fingerprint density at radius 3 is 2.44 bits per heavy atom. The Labute approximate surface area is 150 Å². The Bertz CT molecular complexity index is 651. The van der Waals surface area contributed by atoms with Crippen molar-refractivity contribution in [3.63, 3.8) is 0 Å². The van der Waals surface area contributed by atoms with Gasteiger partial charge in [0.25, 0.3) is 0 Å². The fraction of sp³-hybridized carbons (Fsp3) is 0.619. The van der Waals surface area contributed by atoms with Crippen LogP contribution in [0.1, 0.15) is 56.9 Å². The van der Waals surface area contributed by atoms with Crippen LogP contribution in [0.2, 0.25) is 0 Å². The predicted octanol–water partition coefficient (Wildman–Crippen LogP) is 3.02. The highest BCUT2D eigenvalue weighted by Gasteiger charge is 2.51. The normalized spacial score (nSPS) is 28.8. The molecule has 2 saturated heterocycles. The topological polar surface area (TPSA) is 49.4 Å². The van der Waals surface area contributed by atoms with Gasteiger partial charge in [-0.1, -0.05) is 49.6 Å². The predicted molar refractivity (Wildman–Crippen MR) is 97.1 cm³/mol. The van der Waals surface area contributed by atoms with Crippen molar-refractivity contribution in [2.75, 3.05) is 19.6 Å². The summed E-state index contributed by atoms with van der Waals surface area (Å²) in [5.74, 6) is 0.417. The van der Waals surface area contributed by atoms with Gasteiger partial charge < -0.3 is 10.2 Å². The van der Waals surface area contributed by atoms with Crippen LogP contribution in [0.4, 0.5) is 0 Å². The SMILES string of the molecule is O=C1NCCCC12CCN(C(=O)C1(c3ccccc3)CCCCC1)C2. The summed E-state index contributed by atoms with van der Waals surface area (Å²) in [6, 6.07) is 10.3. The van der Waals surface area contributed by atoms with Crippen molar-refractivity contribution < 1.29 is 9.59 Å². The molecule has 2 amide bonds. The maximum Gasteiger partial charge on any atom is 0.233 e. The molecule has 3 aliphatic rings. The van der Waals surface area contributed by atoms with Gasteiger partial charge in [-0.2, -0.15) is 0 Å². The van der Waals surface area contributed by atoms with Gasteiger partial charge in [0.15, 0.2) is 0 Å². The highest BCUT2D eigenvalue weighted by molar-refractivity contribution is 5.91. The Morgan fingerprint density at radius 1 is 0.960 bits per heavy atom. The number of likely N-dealkylation sites (tertiary alicyclic amines) is 1. The molecule has 1 spiro atoms. The number of carbonyl (C=O) groups excluding carboxylic acids is 2. The summed E-state index contributed by atoms with van der Waals surface area (Å²) < 4.78 is 0. The summed E-state index contributed by atoms with van der Waals surface area (Å²) in [4.78, 5) is 28.1. The summed E-state index contributed by atoms with van der Waals surface area (Å²) in [6.45, 7) is 2.11. The Hall–Kier alpha value is -1.84. The zero-order chi connectivity index (χ0) is 17.3. The summed E-state index contributed by atoms with van der Waals surface area (Å²) in [7, 11) is 0. The van der Waals surface area contributed by atoms with E-state index in [0.29, 0.717) is 6.54 Å². The first-order valence-corrected chi connectivity index (χ1v) is 9.80. The number of hydrogen-bond acceptors (Lipinski definition) is 2. The molecule has 1 unspecified atom stereocenters. The van der Waals surface area contributed by atoms with Crippen molar-refractivity contribution in [2.24, 2.45) is 5.41 Å². The number of rotatable bonds is 2. The number of piperidine rings is 1. The Kier molecular flexibility index (Phi) is 4.30. The van der Waals surface area contributed by atoms with Crippen LogP contribution in [0, 0.1) is 5.41 Å². The first-order valence-electron chi connectivity index (χ1n) is 9.80. The molecule has 3 fully saturated rings. The summed E-state index contributed by atoms with van der Waals surface area (Å²) >= 11 is 0. The lowest BCUT2D eigenvalue weighted by molar-refractivity contribution is -0.139. The van der Waals surface area contributed by atoms with Gasteiger partial charge in [-0.05, 0) is 37.7 Å². The largest absolute Gasteiger partial charge is 0.356 e. The van der Waals surface area contributed by atoms with Gasteiger partial charge in [0, 0.05) is 19.6 Å². The molecule has 1 atom stereocenters. The second-order valence-electron chi connectivity index (χ2n) is 8.13. The van der Waals surface area contributed by atoms with Crippen LogP contribution >= 0.6 is 0 Å². The zero-order valence-corrected chi connectivity index (χ0v) is 14.9. The first kappa shape index (κ1) is 16.6. The molecule has 1 aromatic carbocycles. The number of nitrogens with zero attached hydrogens (tertiary/aromatic N) is 1. The van der Waals surface area contributed by atoms with Crippen LogP contribution < -0.4 is 5.32 Å². The molecule has 0 radical (unpaired) electrons. The van der Waals surface area contributed by atoms with E-state index in [2.05, 4.69) is 17.4 Å². The minimum absolute atomic E-state index is 0.159. The van der Waals surface area contributed by atoms with Gasteiger partial charge in [-0.15, -0.1) is 0 Å². The average Bonchev–Trinajstić information content (AvgIpc) is 3.10. The fourth-order valence-electron chi connectivity index (χ4n) is 5.21. The lowest BCUT2D eigenvalue weighted by Crippen LogP contribution is -2.51. The average molecular weight is 340 g/mol. The molecule has 1 N–H and O–H groups in total. The van der Waals surface area contributed by atoms with Crippen LogP contribution in [-0.4, -0.2) is 36.3 Å². The number of hydrogen-bond donors (Lipinski definition) is 1. The van der Waals surface area contributed by atoms with E-state index in [9.17, 15) is 9.59 Å². The molecule has 4 heteroatoms. The second-order valence-corrected chi connectivity index (χ2v) is 8.13. The third-order valence-electron chi connectivity index (χ3n) is 6.68. The molecule has 0 bridgehead atoms. The number of amides is 2. The lowest BCUT2D eigenvalue weighted by Gasteiger charge is -2.40. The maximum absolute atomic E-state index is 13.6. The van der Waals surface area contributed by atoms with Crippen LogP contribution in [0.3, 0.4) is 0 Å². The van der Waals surface area contributed by atoms with Crippen molar-refractivity contribution in [3.8, 4) is 0 Å². The highest BCUT2D eigenvalue weighted by atomic mass is 16.2. The molecule has 2 aliphatic heterocycles. The molecule has 2 heterocycles. The van der Waals surface area contributed by atoms with E-state index < -0.39 is 0 Å². The van der Waals surface area contributed by atoms with Crippen molar-refractivity contribution in [2.45, 2.75) is 56.8 Å². The van der Waals surface area contributed by atoms with Crippen molar-refractivity contribution in [1.82, 2.24) is 10.2 Å². The van der Waals surface area contributed by atoms with E-state index in [4.69, 9.17) is 0 Å². The summed E-state index contributed by atoms with van der Waals surface area (Å²) in [6.07, 6.45) is 8.07. The molecule has 4 nitrogen and oxygen atoms in total. The molecule has 1 aromatic rings. The summed E-state index contributed by atoms with van der Waals surface area (Å²) in [5, 5.41) is 3.02. The monoisotopic (exact) mass is 340 g/mol. The van der Waals surface area contributed by atoms with Crippen molar-refractivity contribution >= 4 is 11.8 Å². The highest BCUT2D eigenvalue weighted by Crippen LogP contribution is 2.44. The van der Waals surface area contributed by atoms with Crippen LogP contribution in [0.25, 0.3) is 0 Å². The van der Waals surface area contributed by atoms with Gasteiger partial charge in [-0.3, -0.25) is 9.59 Å². The molecule has 1 saturated carbocycles. The van der Waals surface area contributed by atoms with E-state index >= 15 is 0 Å². The quantitative estimate of drug-likeness (QED) is 0.900. The van der Waals surface area contributed by atoms with Gasteiger partial charge >= 0.3 is 0 Å². The van der Waals surface area contributed by atoms with Crippen LogP contribution in [0.5, 0.6) is 0 Å². The smallest absolute Gasteiger partial charge is 0.233 e. The number of carbonyl (C=O) groups is 2. The Morgan fingerprint density at radius 2 is 1.72 bits per heavy atom. The molecule has 4 rings (SSSR count). The van der Waals surface area contributed by atoms with E-state index in [1.165, 1.54) is 6.42 Å².